The van der Waals surface area contributed by atoms with Crippen LogP contribution >= 0.6 is 11.6 Å². The van der Waals surface area contributed by atoms with Gasteiger partial charge in [0.25, 0.3) is 0 Å². The molecule has 2 aromatic carbocycles. The summed E-state index contributed by atoms with van der Waals surface area (Å²) in [4.78, 5) is 0. The summed E-state index contributed by atoms with van der Waals surface area (Å²) in [6, 6.07) is 23.6. The van der Waals surface area contributed by atoms with Crippen molar-refractivity contribution in [2.45, 2.75) is 0 Å². The van der Waals surface area contributed by atoms with E-state index in [2.05, 4.69) is 0 Å². The molecule has 0 aliphatic rings. The average Bonchev–Trinajstić information content (AvgIpc) is 2.49. The van der Waals surface area contributed by atoms with E-state index >= 15 is 0 Å². The molecule has 3 rings (SSSR count). The van der Waals surface area contributed by atoms with Gasteiger partial charge in [-0.1, -0.05) is 29.8 Å². The van der Waals surface area contributed by atoms with Gasteiger partial charge >= 0.3 is 11.5 Å². The highest BCUT2D eigenvalue weighted by Crippen LogP contribution is 2.26. The predicted octanol–water partition coefficient (Wildman–Crippen LogP) is 5.55. The van der Waals surface area contributed by atoms with Gasteiger partial charge in [0.05, 0.1) is 11.1 Å². The Hall–Kier alpha value is -2.12. The fourth-order valence-corrected chi connectivity index (χ4v) is 2.06. The molecule has 0 spiro atoms. The summed E-state index contributed by atoms with van der Waals surface area (Å²) in [5.41, 5.74) is 2.08. The summed E-state index contributed by atoms with van der Waals surface area (Å²) in [5, 5.41) is 0.725. The Kier molecular flexibility index (Phi) is 3.30. The second-order valence-corrected chi connectivity index (χ2v) is 4.67. The molecule has 0 radical (unpaired) electrons. The van der Waals surface area contributed by atoms with Crippen LogP contribution in [0.25, 0.3) is 22.6 Å². The van der Waals surface area contributed by atoms with Crippen molar-refractivity contribution >= 4 is 11.6 Å². The van der Waals surface area contributed by atoms with Gasteiger partial charge in [-0.2, -0.15) is 0 Å². The van der Waals surface area contributed by atoms with E-state index in [1.54, 1.807) is 0 Å². The Morgan fingerprint density at radius 3 is 1.79 bits per heavy atom. The van der Waals surface area contributed by atoms with Gasteiger partial charge in [0.2, 0.25) is 0 Å². The van der Waals surface area contributed by atoms with Crippen LogP contribution in [0, 0.1) is 0 Å². The fraction of sp³-hybridized carbons (Fsp3) is 0. The van der Waals surface area contributed by atoms with Crippen molar-refractivity contribution < 1.29 is 4.42 Å². The van der Waals surface area contributed by atoms with Gasteiger partial charge in [-0.15, -0.1) is 0 Å². The van der Waals surface area contributed by atoms with Crippen molar-refractivity contribution in [1.82, 2.24) is 0 Å². The van der Waals surface area contributed by atoms with Crippen molar-refractivity contribution in [3.05, 3.63) is 77.8 Å². The van der Waals surface area contributed by atoms with Gasteiger partial charge in [-0.3, -0.25) is 0 Å². The molecule has 3 aromatic rings. The lowest BCUT2D eigenvalue weighted by molar-refractivity contribution is 0.582. The Bertz CT molecular complexity index is 675. The Morgan fingerprint density at radius 1 is 0.579 bits per heavy atom. The van der Waals surface area contributed by atoms with E-state index < -0.39 is 0 Å². The van der Waals surface area contributed by atoms with Gasteiger partial charge in [0.15, 0.2) is 0 Å². The monoisotopic (exact) mass is 267 g/mol. The smallest absolute Gasteiger partial charge is 0.207 e. The molecule has 1 aromatic heterocycles. The maximum absolute atomic E-state index is 5.95. The second-order valence-electron chi connectivity index (χ2n) is 4.23. The molecule has 0 unspecified atom stereocenters. The van der Waals surface area contributed by atoms with Crippen LogP contribution in [0.5, 0.6) is 0 Å². The summed E-state index contributed by atoms with van der Waals surface area (Å²) < 4.78 is 5.95. The SMILES string of the molecule is Clc1ccc(-c2cccc(-c3ccccc3)[o+]2)cc1. The minimum atomic E-state index is 0.725. The molecule has 1 heterocycles. The van der Waals surface area contributed by atoms with Crippen molar-refractivity contribution in [3.63, 3.8) is 0 Å². The molecule has 0 atom stereocenters. The maximum atomic E-state index is 5.95. The number of hydrogen-bond donors (Lipinski definition) is 0. The number of rotatable bonds is 2. The quantitative estimate of drug-likeness (QED) is 0.554. The highest BCUT2D eigenvalue weighted by molar-refractivity contribution is 6.30. The van der Waals surface area contributed by atoms with E-state index in [1.807, 2.05) is 72.8 Å². The zero-order chi connectivity index (χ0) is 13.1. The molecule has 0 fully saturated rings. The van der Waals surface area contributed by atoms with Crippen LogP contribution in [0.4, 0.5) is 0 Å². The predicted molar refractivity (Wildman–Crippen MR) is 79.0 cm³/mol. The maximum Gasteiger partial charge on any atom is 0.360 e. The molecule has 2 heteroatoms. The lowest BCUT2D eigenvalue weighted by Gasteiger charge is -1.94. The third kappa shape index (κ3) is 2.67. The van der Waals surface area contributed by atoms with Crippen LogP contribution in [0.15, 0.2) is 77.2 Å². The number of halogens is 1. The Balaban J connectivity index is 2.03. The zero-order valence-corrected chi connectivity index (χ0v) is 11.0. The Morgan fingerprint density at radius 2 is 1.16 bits per heavy atom. The first-order valence-electron chi connectivity index (χ1n) is 6.07. The molecule has 0 aliphatic heterocycles. The van der Waals surface area contributed by atoms with Crippen LogP contribution in [-0.2, 0) is 0 Å². The number of hydrogen-bond acceptors (Lipinski definition) is 0. The Labute approximate surface area is 117 Å². The fourth-order valence-electron chi connectivity index (χ4n) is 1.94. The first-order valence-corrected chi connectivity index (χ1v) is 6.45. The number of benzene rings is 2. The molecule has 0 amide bonds. The minimum absolute atomic E-state index is 0.725. The summed E-state index contributed by atoms with van der Waals surface area (Å²) in [6.07, 6.45) is 0. The van der Waals surface area contributed by atoms with Gasteiger partial charge in [-0.05, 0) is 42.5 Å². The van der Waals surface area contributed by atoms with E-state index in [1.165, 1.54) is 0 Å². The van der Waals surface area contributed by atoms with E-state index in [9.17, 15) is 0 Å². The lowest BCUT2D eigenvalue weighted by Crippen LogP contribution is -1.81. The first-order chi connectivity index (χ1) is 9.33. The van der Waals surface area contributed by atoms with Crippen LogP contribution in [0.1, 0.15) is 0 Å². The topological polar surface area (TPSA) is 11.3 Å². The summed E-state index contributed by atoms with van der Waals surface area (Å²) in [7, 11) is 0. The second kappa shape index (κ2) is 5.25. The zero-order valence-electron chi connectivity index (χ0n) is 10.2. The molecule has 0 N–H and O–H groups in total. The molecule has 92 valence electrons. The van der Waals surface area contributed by atoms with Gasteiger partial charge in [0, 0.05) is 17.2 Å². The molecule has 0 saturated carbocycles. The van der Waals surface area contributed by atoms with E-state index in [0.29, 0.717) is 0 Å². The van der Waals surface area contributed by atoms with Crippen molar-refractivity contribution in [2.24, 2.45) is 0 Å². The van der Waals surface area contributed by atoms with Gasteiger partial charge in [-0.25, -0.2) is 4.42 Å². The normalized spacial score (nSPS) is 10.4. The van der Waals surface area contributed by atoms with Crippen LogP contribution < -0.4 is 0 Å². The molecule has 0 saturated heterocycles. The third-order valence-corrected chi connectivity index (χ3v) is 3.15. The van der Waals surface area contributed by atoms with Crippen molar-refractivity contribution in [2.75, 3.05) is 0 Å². The summed E-state index contributed by atoms with van der Waals surface area (Å²) in [6.45, 7) is 0. The van der Waals surface area contributed by atoms with Crippen LogP contribution in [0.3, 0.4) is 0 Å². The van der Waals surface area contributed by atoms with E-state index in [-0.39, 0.29) is 0 Å². The lowest BCUT2D eigenvalue weighted by atomic mass is 10.1. The molecular weight excluding hydrogens is 256 g/mol. The molecule has 1 nitrogen and oxygen atoms in total. The summed E-state index contributed by atoms with van der Waals surface area (Å²) >= 11 is 5.90. The molecular formula is C17H12ClO+. The highest BCUT2D eigenvalue weighted by Gasteiger charge is 2.16. The minimum Gasteiger partial charge on any atom is -0.207 e. The molecule has 0 bridgehead atoms. The van der Waals surface area contributed by atoms with Gasteiger partial charge in [0.1, 0.15) is 0 Å². The average molecular weight is 268 g/mol. The van der Waals surface area contributed by atoms with Crippen LogP contribution in [0.2, 0.25) is 5.02 Å². The van der Waals surface area contributed by atoms with Crippen molar-refractivity contribution in [3.8, 4) is 22.6 Å². The highest BCUT2D eigenvalue weighted by atomic mass is 35.5. The van der Waals surface area contributed by atoms with E-state index in [0.717, 1.165) is 27.7 Å². The van der Waals surface area contributed by atoms with E-state index in [4.69, 9.17) is 16.0 Å². The standard InChI is InChI=1S/C17H12ClO/c18-15-11-9-14(10-12-15)17-8-4-7-16(19-17)13-5-2-1-3-6-13/h1-12H/q+1. The van der Waals surface area contributed by atoms with Crippen LogP contribution in [-0.4, -0.2) is 0 Å². The molecule has 19 heavy (non-hydrogen) atoms. The van der Waals surface area contributed by atoms with Gasteiger partial charge < -0.3 is 0 Å². The molecule has 0 aliphatic carbocycles. The largest absolute Gasteiger partial charge is 0.360 e. The summed E-state index contributed by atoms with van der Waals surface area (Å²) in [5.74, 6) is 1.69. The third-order valence-electron chi connectivity index (χ3n) is 2.90. The first kappa shape index (κ1) is 11.9. The van der Waals surface area contributed by atoms with Crippen molar-refractivity contribution in [1.29, 1.82) is 0 Å².